The minimum atomic E-state index is 0.154. The van der Waals surface area contributed by atoms with Crippen LogP contribution in [0.2, 0.25) is 0 Å². The van der Waals surface area contributed by atoms with Crippen LogP contribution in [0.25, 0.3) is 0 Å². The molecule has 2 nitrogen and oxygen atoms in total. The van der Waals surface area contributed by atoms with Crippen molar-refractivity contribution in [2.45, 2.75) is 43.1 Å². The van der Waals surface area contributed by atoms with E-state index in [1.807, 2.05) is 18.2 Å². The minimum Gasteiger partial charge on any atom is -0.333 e. The summed E-state index contributed by atoms with van der Waals surface area (Å²) in [7, 11) is 0. The van der Waals surface area contributed by atoms with Gasteiger partial charge >= 0.3 is 0 Å². The molecular formula is C14H14BrClINO. The molecule has 0 aliphatic carbocycles. The van der Waals surface area contributed by atoms with Crippen LogP contribution < -0.4 is 0 Å². The molecule has 1 amide bonds. The summed E-state index contributed by atoms with van der Waals surface area (Å²) >= 11 is 12.0. The molecular weight excluding hydrogens is 440 g/mol. The third kappa shape index (κ3) is 2.68. The Morgan fingerprint density at radius 3 is 2.58 bits per heavy atom. The van der Waals surface area contributed by atoms with E-state index in [1.54, 1.807) is 0 Å². The standard InChI is InChI=1S/C14H14BrClINO/c15-13-4-1-9(17)7-12(13)14(19)18-10-2-3-11(18)6-8(16)5-10/h1,4,7-8,10-11H,2-3,5-6H2. The molecule has 2 bridgehead atoms. The van der Waals surface area contributed by atoms with E-state index in [2.05, 4.69) is 43.4 Å². The maximum absolute atomic E-state index is 12.8. The van der Waals surface area contributed by atoms with Crippen LogP contribution in [0.1, 0.15) is 36.0 Å². The Kier molecular flexibility index (Phi) is 4.11. The number of piperidine rings is 1. The third-order valence-corrected chi connectivity index (χ3v) is 5.79. The Morgan fingerprint density at radius 2 is 1.95 bits per heavy atom. The van der Waals surface area contributed by atoms with Gasteiger partial charge in [-0.1, -0.05) is 0 Å². The highest BCUT2D eigenvalue weighted by Gasteiger charge is 2.43. The van der Waals surface area contributed by atoms with Crippen LogP contribution in [0.4, 0.5) is 0 Å². The van der Waals surface area contributed by atoms with E-state index in [0.29, 0.717) is 12.1 Å². The molecule has 5 heteroatoms. The molecule has 1 aromatic rings. The SMILES string of the molecule is O=C(c1cc(I)ccc1Br)N1C2CCC1CC(Cl)C2. The first kappa shape index (κ1) is 14.1. The van der Waals surface area contributed by atoms with Crippen molar-refractivity contribution in [3.63, 3.8) is 0 Å². The smallest absolute Gasteiger partial charge is 0.255 e. The Balaban J connectivity index is 1.90. The molecule has 3 rings (SSSR count). The Morgan fingerprint density at radius 1 is 1.32 bits per heavy atom. The molecule has 2 aliphatic heterocycles. The van der Waals surface area contributed by atoms with E-state index < -0.39 is 0 Å². The zero-order valence-electron chi connectivity index (χ0n) is 10.3. The van der Waals surface area contributed by atoms with Crippen LogP contribution in [0.15, 0.2) is 22.7 Å². The maximum Gasteiger partial charge on any atom is 0.255 e. The van der Waals surface area contributed by atoms with Crippen LogP contribution >= 0.6 is 50.1 Å². The lowest BCUT2D eigenvalue weighted by Gasteiger charge is -2.37. The van der Waals surface area contributed by atoms with Crippen molar-refractivity contribution in [1.29, 1.82) is 0 Å². The summed E-state index contributed by atoms with van der Waals surface area (Å²) < 4.78 is 1.97. The quantitative estimate of drug-likeness (QED) is 0.454. The van der Waals surface area contributed by atoms with Gasteiger partial charge in [0, 0.05) is 25.5 Å². The largest absolute Gasteiger partial charge is 0.333 e. The fourth-order valence-electron chi connectivity index (χ4n) is 3.24. The summed E-state index contributed by atoms with van der Waals surface area (Å²) in [5.41, 5.74) is 0.775. The topological polar surface area (TPSA) is 20.3 Å². The average molecular weight is 455 g/mol. The highest BCUT2D eigenvalue weighted by Crippen LogP contribution is 2.39. The Bertz CT molecular complexity index is 510. The van der Waals surface area contributed by atoms with E-state index in [-0.39, 0.29) is 11.3 Å². The molecule has 2 heterocycles. The van der Waals surface area contributed by atoms with Crippen LogP contribution in [0.3, 0.4) is 0 Å². The van der Waals surface area contributed by atoms with Gasteiger partial charge in [0.25, 0.3) is 5.91 Å². The molecule has 0 N–H and O–H groups in total. The average Bonchev–Trinajstić information content (AvgIpc) is 2.64. The molecule has 0 radical (unpaired) electrons. The van der Waals surface area contributed by atoms with Crippen molar-refractivity contribution in [3.05, 3.63) is 31.8 Å². The summed E-state index contributed by atoms with van der Waals surface area (Å²) in [5, 5.41) is 0.237. The number of carbonyl (C=O) groups is 1. The lowest BCUT2D eigenvalue weighted by atomic mass is 10.0. The van der Waals surface area contributed by atoms with Crippen LogP contribution in [-0.4, -0.2) is 28.3 Å². The fourth-order valence-corrected chi connectivity index (χ4v) is 4.56. The molecule has 0 saturated carbocycles. The number of benzene rings is 1. The van der Waals surface area contributed by atoms with Gasteiger partial charge in [0.2, 0.25) is 0 Å². The van der Waals surface area contributed by atoms with Gasteiger partial charge in [-0.25, -0.2) is 0 Å². The number of halogens is 3. The molecule has 0 aromatic heterocycles. The van der Waals surface area contributed by atoms with Crippen molar-refractivity contribution in [2.75, 3.05) is 0 Å². The van der Waals surface area contributed by atoms with Crippen molar-refractivity contribution in [3.8, 4) is 0 Å². The van der Waals surface area contributed by atoms with Crippen LogP contribution in [0, 0.1) is 3.57 Å². The second kappa shape index (κ2) is 5.53. The normalized spacial score (nSPS) is 29.6. The Hall–Kier alpha value is 0.190. The fraction of sp³-hybridized carbons (Fsp3) is 0.500. The van der Waals surface area contributed by atoms with Gasteiger partial charge in [0.15, 0.2) is 0 Å². The summed E-state index contributed by atoms with van der Waals surface area (Å²) in [6.07, 6.45) is 4.07. The first-order valence-electron chi connectivity index (χ1n) is 6.48. The molecule has 2 saturated heterocycles. The van der Waals surface area contributed by atoms with Crippen molar-refractivity contribution < 1.29 is 4.79 Å². The van der Waals surface area contributed by atoms with Crippen LogP contribution in [-0.2, 0) is 0 Å². The molecule has 102 valence electrons. The Labute approximate surface area is 140 Å². The summed E-state index contributed by atoms with van der Waals surface area (Å²) in [5.74, 6) is 0.154. The lowest BCUT2D eigenvalue weighted by molar-refractivity contribution is 0.0598. The van der Waals surface area contributed by atoms with E-state index in [4.69, 9.17) is 11.6 Å². The molecule has 0 spiro atoms. The first-order chi connectivity index (χ1) is 9.06. The van der Waals surface area contributed by atoms with Crippen molar-refractivity contribution in [1.82, 2.24) is 4.90 Å². The predicted molar refractivity (Wildman–Crippen MR) is 88.7 cm³/mol. The third-order valence-electron chi connectivity index (χ3n) is 4.07. The summed E-state index contributed by atoms with van der Waals surface area (Å²) in [4.78, 5) is 14.9. The van der Waals surface area contributed by atoms with Gasteiger partial charge in [-0.2, -0.15) is 0 Å². The van der Waals surface area contributed by atoms with E-state index >= 15 is 0 Å². The van der Waals surface area contributed by atoms with E-state index in [9.17, 15) is 4.79 Å². The number of fused-ring (bicyclic) bond motifs is 2. The monoisotopic (exact) mass is 453 g/mol. The molecule has 2 fully saturated rings. The van der Waals surface area contributed by atoms with Crippen LogP contribution in [0.5, 0.6) is 0 Å². The molecule has 2 aliphatic rings. The second-order valence-electron chi connectivity index (χ2n) is 5.29. The number of hydrogen-bond acceptors (Lipinski definition) is 1. The minimum absolute atomic E-state index is 0.154. The highest BCUT2D eigenvalue weighted by atomic mass is 127. The molecule has 1 aromatic carbocycles. The second-order valence-corrected chi connectivity index (χ2v) is 8.01. The van der Waals surface area contributed by atoms with Crippen molar-refractivity contribution >= 4 is 56.0 Å². The number of hydrogen-bond donors (Lipinski definition) is 0. The van der Waals surface area contributed by atoms with Gasteiger partial charge < -0.3 is 4.90 Å². The van der Waals surface area contributed by atoms with Gasteiger partial charge in [-0.05, 0) is 82.4 Å². The first-order valence-corrected chi connectivity index (χ1v) is 8.79. The van der Waals surface area contributed by atoms with Gasteiger partial charge in [0.05, 0.1) is 5.56 Å². The number of amides is 1. The maximum atomic E-state index is 12.8. The molecule has 19 heavy (non-hydrogen) atoms. The van der Waals surface area contributed by atoms with Gasteiger partial charge in [0.1, 0.15) is 0 Å². The molecule has 2 atom stereocenters. The summed E-state index contributed by atoms with van der Waals surface area (Å²) in [6.45, 7) is 0. The van der Waals surface area contributed by atoms with Crippen molar-refractivity contribution in [2.24, 2.45) is 0 Å². The predicted octanol–water partition coefficient (Wildman–Crippen LogP) is 4.43. The lowest BCUT2D eigenvalue weighted by Crippen LogP contribution is -2.47. The van der Waals surface area contributed by atoms with E-state index in [1.165, 1.54) is 0 Å². The summed E-state index contributed by atoms with van der Waals surface area (Å²) in [6, 6.07) is 6.57. The highest BCUT2D eigenvalue weighted by molar-refractivity contribution is 14.1. The zero-order chi connectivity index (χ0) is 13.6. The zero-order valence-corrected chi connectivity index (χ0v) is 14.8. The number of rotatable bonds is 1. The molecule has 2 unspecified atom stereocenters. The van der Waals surface area contributed by atoms with Gasteiger partial charge in [-0.3, -0.25) is 4.79 Å². The van der Waals surface area contributed by atoms with Gasteiger partial charge in [-0.15, -0.1) is 11.6 Å². The number of nitrogens with zero attached hydrogens (tertiary/aromatic N) is 1. The van der Waals surface area contributed by atoms with E-state index in [0.717, 1.165) is 39.3 Å². The number of alkyl halides is 1. The number of carbonyl (C=O) groups excluding carboxylic acids is 1.